The predicted octanol–water partition coefficient (Wildman–Crippen LogP) is 4.24. The van der Waals surface area contributed by atoms with Gasteiger partial charge < -0.3 is 4.57 Å². The number of rotatable bonds is 4. The van der Waals surface area contributed by atoms with Gasteiger partial charge in [-0.3, -0.25) is 0 Å². The molecule has 0 aliphatic heterocycles. The van der Waals surface area contributed by atoms with Crippen LogP contribution in [-0.4, -0.2) is 14.8 Å². The molecule has 1 aromatic carbocycles. The van der Waals surface area contributed by atoms with E-state index in [2.05, 4.69) is 40.0 Å². The Morgan fingerprint density at radius 1 is 1.37 bits per heavy atom. The standard InChI is InChI=1S/C13H14BrClFN3/c1-8(2)7-19-11(6-15)17-18-13(19)12-9(14)4-3-5-10(12)16/h3-5,8H,6-7H2,1-2H3. The van der Waals surface area contributed by atoms with Crippen molar-refractivity contribution in [3.63, 3.8) is 0 Å². The maximum absolute atomic E-state index is 14.0. The Balaban J connectivity index is 2.59. The number of nitrogens with zero attached hydrogens (tertiary/aromatic N) is 3. The zero-order chi connectivity index (χ0) is 14.0. The first-order valence-corrected chi connectivity index (χ1v) is 7.29. The van der Waals surface area contributed by atoms with Crippen LogP contribution in [0.3, 0.4) is 0 Å². The summed E-state index contributed by atoms with van der Waals surface area (Å²) in [5, 5.41) is 8.13. The maximum atomic E-state index is 14.0. The smallest absolute Gasteiger partial charge is 0.168 e. The van der Waals surface area contributed by atoms with Crippen molar-refractivity contribution in [1.82, 2.24) is 14.8 Å². The molecular weight excluding hydrogens is 333 g/mol. The second-order valence-electron chi connectivity index (χ2n) is 4.67. The zero-order valence-electron chi connectivity index (χ0n) is 10.7. The monoisotopic (exact) mass is 345 g/mol. The van der Waals surface area contributed by atoms with E-state index in [0.29, 0.717) is 34.1 Å². The highest BCUT2D eigenvalue weighted by atomic mass is 79.9. The van der Waals surface area contributed by atoms with E-state index in [4.69, 9.17) is 11.6 Å². The Morgan fingerprint density at radius 3 is 2.68 bits per heavy atom. The van der Waals surface area contributed by atoms with Crippen LogP contribution in [0.2, 0.25) is 0 Å². The minimum Gasteiger partial charge on any atom is -0.310 e. The molecule has 1 aromatic heterocycles. The molecule has 1 heterocycles. The van der Waals surface area contributed by atoms with Gasteiger partial charge >= 0.3 is 0 Å². The fourth-order valence-corrected chi connectivity index (χ4v) is 2.60. The summed E-state index contributed by atoms with van der Waals surface area (Å²) in [6.07, 6.45) is 0. The molecule has 2 rings (SSSR count). The van der Waals surface area contributed by atoms with Gasteiger partial charge in [-0.1, -0.05) is 19.9 Å². The molecule has 6 heteroatoms. The molecule has 0 fully saturated rings. The molecule has 0 radical (unpaired) electrons. The highest BCUT2D eigenvalue weighted by Gasteiger charge is 2.19. The Morgan fingerprint density at radius 2 is 2.11 bits per heavy atom. The number of hydrogen-bond acceptors (Lipinski definition) is 2. The molecule has 3 nitrogen and oxygen atoms in total. The molecule has 0 atom stereocenters. The molecule has 2 aromatic rings. The second kappa shape index (κ2) is 6.01. The Kier molecular flexibility index (Phi) is 4.58. The average Bonchev–Trinajstić information content (AvgIpc) is 2.71. The molecule has 0 saturated carbocycles. The summed E-state index contributed by atoms with van der Waals surface area (Å²) in [5.41, 5.74) is 0.423. The van der Waals surface area contributed by atoms with E-state index in [-0.39, 0.29) is 11.7 Å². The van der Waals surface area contributed by atoms with E-state index in [0.717, 1.165) is 0 Å². The lowest BCUT2D eigenvalue weighted by Crippen LogP contribution is -2.10. The molecule has 0 spiro atoms. The minimum absolute atomic E-state index is 0.256. The topological polar surface area (TPSA) is 30.7 Å². The van der Waals surface area contributed by atoms with E-state index >= 15 is 0 Å². The summed E-state index contributed by atoms with van der Waals surface area (Å²) in [4.78, 5) is 0. The van der Waals surface area contributed by atoms with Crippen LogP contribution in [0.25, 0.3) is 11.4 Å². The van der Waals surface area contributed by atoms with E-state index in [1.165, 1.54) is 6.07 Å². The number of benzene rings is 1. The molecule has 0 saturated heterocycles. The summed E-state index contributed by atoms with van der Waals surface area (Å²) in [7, 11) is 0. The van der Waals surface area contributed by atoms with Crippen LogP contribution < -0.4 is 0 Å². The summed E-state index contributed by atoms with van der Waals surface area (Å²) >= 11 is 9.23. The van der Waals surface area contributed by atoms with Gasteiger partial charge in [0.2, 0.25) is 0 Å². The molecule has 0 aliphatic rings. The molecular formula is C13H14BrClFN3. The van der Waals surface area contributed by atoms with Gasteiger partial charge in [0.1, 0.15) is 11.6 Å². The van der Waals surface area contributed by atoms with E-state index < -0.39 is 0 Å². The zero-order valence-corrected chi connectivity index (χ0v) is 13.0. The lowest BCUT2D eigenvalue weighted by Gasteiger charge is -2.13. The van der Waals surface area contributed by atoms with Crippen molar-refractivity contribution in [1.29, 1.82) is 0 Å². The average molecular weight is 347 g/mol. The second-order valence-corrected chi connectivity index (χ2v) is 5.80. The third-order valence-corrected chi connectivity index (χ3v) is 3.58. The van der Waals surface area contributed by atoms with Gasteiger partial charge in [0.15, 0.2) is 5.82 Å². The normalized spacial score (nSPS) is 11.3. The van der Waals surface area contributed by atoms with E-state index in [1.807, 2.05) is 4.57 Å². The van der Waals surface area contributed by atoms with Gasteiger partial charge in [-0.05, 0) is 34.0 Å². The number of alkyl halides is 1. The molecule has 0 unspecified atom stereocenters. The van der Waals surface area contributed by atoms with Crippen molar-refractivity contribution >= 4 is 27.5 Å². The van der Waals surface area contributed by atoms with Gasteiger partial charge in [0.25, 0.3) is 0 Å². The van der Waals surface area contributed by atoms with Crippen LogP contribution in [0, 0.1) is 11.7 Å². The van der Waals surface area contributed by atoms with Crippen LogP contribution in [0.1, 0.15) is 19.7 Å². The molecule has 102 valence electrons. The summed E-state index contributed by atoms with van der Waals surface area (Å²) in [5.74, 6) is 1.48. The van der Waals surface area contributed by atoms with Crippen LogP contribution >= 0.6 is 27.5 Å². The first-order chi connectivity index (χ1) is 9.04. The highest BCUT2D eigenvalue weighted by molar-refractivity contribution is 9.10. The van der Waals surface area contributed by atoms with Crippen molar-refractivity contribution in [3.05, 3.63) is 34.3 Å². The molecule has 0 bridgehead atoms. The van der Waals surface area contributed by atoms with Crippen LogP contribution in [0.5, 0.6) is 0 Å². The quantitative estimate of drug-likeness (QED) is 0.775. The predicted molar refractivity (Wildman–Crippen MR) is 77.5 cm³/mol. The van der Waals surface area contributed by atoms with Crippen molar-refractivity contribution in [2.24, 2.45) is 5.92 Å². The van der Waals surface area contributed by atoms with Crippen LogP contribution in [0.4, 0.5) is 4.39 Å². The molecule has 0 amide bonds. The van der Waals surface area contributed by atoms with Crippen molar-refractivity contribution in [3.8, 4) is 11.4 Å². The van der Waals surface area contributed by atoms with Gasteiger partial charge in [-0.25, -0.2) is 4.39 Å². The SMILES string of the molecule is CC(C)Cn1c(CCl)nnc1-c1c(F)cccc1Br. The lowest BCUT2D eigenvalue weighted by atomic mass is 10.1. The molecule has 0 N–H and O–H groups in total. The fraction of sp³-hybridized carbons (Fsp3) is 0.385. The number of aromatic nitrogens is 3. The van der Waals surface area contributed by atoms with Crippen molar-refractivity contribution < 1.29 is 4.39 Å². The van der Waals surface area contributed by atoms with E-state index in [1.54, 1.807) is 12.1 Å². The van der Waals surface area contributed by atoms with Gasteiger partial charge in [-0.2, -0.15) is 0 Å². The highest BCUT2D eigenvalue weighted by Crippen LogP contribution is 2.30. The first-order valence-electron chi connectivity index (χ1n) is 5.97. The van der Waals surface area contributed by atoms with Crippen molar-refractivity contribution in [2.75, 3.05) is 0 Å². The third-order valence-electron chi connectivity index (χ3n) is 2.68. The first kappa shape index (κ1) is 14.5. The fourth-order valence-electron chi connectivity index (χ4n) is 1.89. The largest absolute Gasteiger partial charge is 0.310 e. The van der Waals surface area contributed by atoms with Gasteiger partial charge in [0, 0.05) is 11.0 Å². The third kappa shape index (κ3) is 2.98. The molecule has 0 aliphatic carbocycles. The Labute approximate surface area is 124 Å². The summed E-state index contributed by atoms with van der Waals surface area (Å²) < 4.78 is 16.6. The van der Waals surface area contributed by atoms with E-state index in [9.17, 15) is 4.39 Å². The Hall–Kier alpha value is -0.940. The van der Waals surface area contributed by atoms with Crippen LogP contribution in [-0.2, 0) is 12.4 Å². The number of hydrogen-bond donors (Lipinski definition) is 0. The lowest BCUT2D eigenvalue weighted by molar-refractivity contribution is 0.514. The van der Waals surface area contributed by atoms with Crippen molar-refractivity contribution in [2.45, 2.75) is 26.3 Å². The minimum atomic E-state index is -0.326. The van der Waals surface area contributed by atoms with Gasteiger partial charge in [0.05, 0.1) is 11.4 Å². The Bertz CT molecular complexity index is 563. The number of halogens is 3. The molecule has 19 heavy (non-hydrogen) atoms. The summed E-state index contributed by atoms with van der Waals surface area (Å²) in [6, 6.07) is 4.84. The maximum Gasteiger partial charge on any atom is 0.168 e. The van der Waals surface area contributed by atoms with Crippen LogP contribution in [0.15, 0.2) is 22.7 Å². The van der Waals surface area contributed by atoms with Gasteiger partial charge in [-0.15, -0.1) is 21.8 Å². The summed E-state index contributed by atoms with van der Waals surface area (Å²) in [6.45, 7) is 4.86.